The number of aryl methyl sites for hydroxylation is 1. The van der Waals surface area contributed by atoms with Crippen molar-refractivity contribution in [3.8, 4) is 0 Å². The van der Waals surface area contributed by atoms with Gasteiger partial charge in [0.25, 0.3) is 0 Å². The SMILES string of the molecule is Cc1ccsc1CNCCSc1cccs1. The molecule has 0 aliphatic carbocycles. The van der Waals surface area contributed by atoms with Gasteiger partial charge in [-0.1, -0.05) is 6.07 Å². The highest BCUT2D eigenvalue weighted by Crippen LogP contribution is 2.22. The van der Waals surface area contributed by atoms with Crippen LogP contribution in [0.2, 0.25) is 0 Å². The highest BCUT2D eigenvalue weighted by Gasteiger charge is 1.99. The zero-order chi connectivity index (χ0) is 11.2. The highest BCUT2D eigenvalue weighted by atomic mass is 32.2. The van der Waals surface area contributed by atoms with E-state index in [2.05, 4.69) is 41.2 Å². The first kappa shape index (κ1) is 12.2. The first-order valence-corrected chi connectivity index (χ1v) is 8.01. The van der Waals surface area contributed by atoms with Gasteiger partial charge in [0.15, 0.2) is 0 Å². The number of thiophene rings is 2. The van der Waals surface area contributed by atoms with Crippen LogP contribution in [-0.4, -0.2) is 12.3 Å². The first-order valence-electron chi connectivity index (χ1n) is 5.26. The Hall–Kier alpha value is -0.290. The van der Waals surface area contributed by atoms with Crippen LogP contribution in [0, 0.1) is 6.92 Å². The van der Waals surface area contributed by atoms with Crippen molar-refractivity contribution < 1.29 is 0 Å². The molecule has 16 heavy (non-hydrogen) atoms. The van der Waals surface area contributed by atoms with Gasteiger partial charge in [-0.25, -0.2) is 0 Å². The van der Waals surface area contributed by atoms with Crippen molar-refractivity contribution in [3.05, 3.63) is 39.4 Å². The van der Waals surface area contributed by atoms with Crippen molar-refractivity contribution in [2.24, 2.45) is 0 Å². The lowest BCUT2D eigenvalue weighted by Crippen LogP contribution is -2.16. The largest absolute Gasteiger partial charge is 0.311 e. The molecule has 0 unspecified atom stereocenters. The topological polar surface area (TPSA) is 12.0 Å². The van der Waals surface area contributed by atoms with E-state index in [0.717, 1.165) is 18.8 Å². The van der Waals surface area contributed by atoms with E-state index in [0.29, 0.717) is 0 Å². The Morgan fingerprint density at radius 2 is 2.19 bits per heavy atom. The zero-order valence-corrected chi connectivity index (χ0v) is 11.7. The Bertz CT molecular complexity index is 406. The first-order chi connectivity index (χ1) is 7.86. The van der Waals surface area contributed by atoms with E-state index in [9.17, 15) is 0 Å². The van der Waals surface area contributed by atoms with Gasteiger partial charge in [-0.2, -0.15) is 0 Å². The van der Waals surface area contributed by atoms with Gasteiger partial charge < -0.3 is 5.32 Å². The molecule has 86 valence electrons. The van der Waals surface area contributed by atoms with Gasteiger partial charge in [-0.3, -0.25) is 0 Å². The van der Waals surface area contributed by atoms with E-state index < -0.39 is 0 Å². The molecule has 0 fully saturated rings. The van der Waals surface area contributed by atoms with Crippen molar-refractivity contribution in [2.45, 2.75) is 17.7 Å². The maximum atomic E-state index is 3.49. The summed E-state index contributed by atoms with van der Waals surface area (Å²) in [5.41, 5.74) is 1.41. The zero-order valence-electron chi connectivity index (χ0n) is 9.23. The fourth-order valence-corrected chi connectivity index (χ4v) is 3.99. The lowest BCUT2D eigenvalue weighted by Gasteiger charge is -2.03. The standard InChI is InChI=1S/C12H15NS3/c1-10-4-7-14-11(10)9-13-5-8-16-12-3-2-6-15-12/h2-4,6-7,13H,5,8-9H2,1H3. The Labute approximate surface area is 109 Å². The summed E-state index contributed by atoms with van der Waals surface area (Å²) in [6.45, 7) is 4.25. The van der Waals surface area contributed by atoms with Crippen LogP contribution in [0.4, 0.5) is 0 Å². The Morgan fingerprint density at radius 3 is 2.88 bits per heavy atom. The predicted molar refractivity (Wildman–Crippen MR) is 75.8 cm³/mol. The van der Waals surface area contributed by atoms with E-state index >= 15 is 0 Å². The summed E-state index contributed by atoms with van der Waals surface area (Å²) in [5.74, 6) is 1.14. The molecule has 0 saturated carbocycles. The van der Waals surface area contributed by atoms with E-state index in [1.807, 2.05) is 34.4 Å². The summed E-state index contributed by atoms with van der Waals surface area (Å²) in [6, 6.07) is 6.47. The second-order valence-corrected chi connectivity index (χ2v) is 6.83. The van der Waals surface area contributed by atoms with Gasteiger partial charge in [-0.15, -0.1) is 34.4 Å². The van der Waals surface area contributed by atoms with Crippen LogP contribution in [0.15, 0.2) is 33.2 Å². The van der Waals surface area contributed by atoms with Crippen LogP contribution in [0.5, 0.6) is 0 Å². The molecule has 1 nitrogen and oxygen atoms in total. The van der Waals surface area contributed by atoms with Crippen LogP contribution < -0.4 is 5.32 Å². The van der Waals surface area contributed by atoms with E-state index in [-0.39, 0.29) is 0 Å². The minimum atomic E-state index is 1.01. The molecule has 0 aromatic carbocycles. The van der Waals surface area contributed by atoms with E-state index in [4.69, 9.17) is 0 Å². The minimum Gasteiger partial charge on any atom is -0.311 e. The summed E-state index contributed by atoms with van der Waals surface area (Å²) >= 11 is 5.58. The van der Waals surface area contributed by atoms with Crippen LogP contribution >= 0.6 is 34.4 Å². The molecule has 0 aliphatic heterocycles. The van der Waals surface area contributed by atoms with Crippen LogP contribution in [-0.2, 0) is 6.54 Å². The molecule has 4 heteroatoms. The van der Waals surface area contributed by atoms with Gasteiger partial charge in [0.2, 0.25) is 0 Å². The van der Waals surface area contributed by atoms with Crippen molar-refractivity contribution >= 4 is 34.4 Å². The Morgan fingerprint density at radius 1 is 1.25 bits per heavy atom. The second kappa shape index (κ2) is 6.45. The molecule has 0 amide bonds. The summed E-state index contributed by atoms with van der Waals surface area (Å²) in [4.78, 5) is 1.46. The number of nitrogens with one attached hydrogen (secondary N) is 1. The number of hydrogen-bond donors (Lipinski definition) is 1. The third kappa shape index (κ3) is 3.63. The van der Waals surface area contributed by atoms with Crippen LogP contribution in [0.25, 0.3) is 0 Å². The number of rotatable bonds is 6. The highest BCUT2D eigenvalue weighted by molar-refractivity contribution is 8.01. The van der Waals surface area contributed by atoms with Crippen molar-refractivity contribution in [2.75, 3.05) is 12.3 Å². The molecule has 2 heterocycles. The van der Waals surface area contributed by atoms with Crippen molar-refractivity contribution in [3.63, 3.8) is 0 Å². The molecule has 0 radical (unpaired) electrons. The van der Waals surface area contributed by atoms with Crippen LogP contribution in [0.3, 0.4) is 0 Å². The maximum absolute atomic E-state index is 3.49. The van der Waals surface area contributed by atoms with Gasteiger partial charge in [0.1, 0.15) is 0 Å². The number of hydrogen-bond acceptors (Lipinski definition) is 4. The van der Waals surface area contributed by atoms with Crippen molar-refractivity contribution in [1.29, 1.82) is 0 Å². The summed E-state index contributed by atoms with van der Waals surface area (Å²) < 4.78 is 1.41. The minimum absolute atomic E-state index is 1.01. The van der Waals surface area contributed by atoms with Gasteiger partial charge in [-0.05, 0) is 35.4 Å². The molecule has 2 rings (SSSR count). The normalized spacial score (nSPS) is 10.8. The fourth-order valence-electron chi connectivity index (χ4n) is 1.36. The lowest BCUT2D eigenvalue weighted by molar-refractivity contribution is 0.738. The van der Waals surface area contributed by atoms with E-state index in [1.165, 1.54) is 14.6 Å². The summed E-state index contributed by atoms with van der Waals surface area (Å²) in [5, 5.41) is 7.77. The molecule has 1 N–H and O–H groups in total. The Kier molecular flexibility index (Phi) is 4.91. The molecular weight excluding hydrogens is 254 g/mol. The molecule has 0 saturated heterocycles. The fraction of sp³-hybridized carbons (Fsp3) is 0.333. The summed E-state index contributed by atoms with van der Waals surface area (Å²) in [6.07, 6.45) is 0. The van der Waals surface area contributed by atoms with Gasteiger partial charge in [0, 0.05) is 23.7 Å². The molecule has 0 bridgehead atoms. The molecule has 0 spiro atoms. The maximum Gasteiger partial charge on any atom is 0.0598 e. The van der Waals surface area contributed by atoms with Gasteiger partial charge in [0.05, 0.1) is 4.21 Å². The summed E-state index contributed by atoms with van der Waals surface area (Å²) in [7, 11) is 0. The molecular formula is C12H15NS3. The second-order valence-electron chi connectivity index (χ2n) is 3.48. The molecule has 0 atom stereocenters. The quantitative estimate of drug-likeness (QED) is 0.628. The Balaban J connectivity index is 1.61. The third-order valence-corrected chi connectivity index (χ3v) is 5.43. The average Bonchev–Trinajstić information content (AvgIpc) is 2.90. The smallest absolute Gasteiger partial charge is 0.0598 e. The lowest BCUT2D eigenvalue weighted by atomic mass is 10.3. The predicted octanol–water partition coefficient (Wildman–Crippen LogP) is 4.00. The van der Waals surface area contributed by atoms with Crippen molar-refractivity contribution in [1.82, 2.24) is 5.32 Å². The molecule has 2 aromatic heterocycles. The number of thioether (sulfide) groups is 1. The third-order valence-electron chi connectivity index (χ3n) is 2.27. The van der Waals surface area contributed by atoms with Crippen LogP contribution in [0.1, 0.15) is 10.4 Å². The van der Waals surface area contributed by atoms with Gasteiger partial charge >= 0.3 is 0 Å². The molecule has 2 aromatic rings. The molecule has 0 aliphatic rings. The average molecular weight is 269 g/mol. The van der Waals surface area contributed by atoms with E-state index in [1.54, 1.807) is 0 Å². The monoisotopic (exact) mass is 269 g/mol.